The van der Waals surface area contributed by atoms with Gasteiger partial charge in [0.2, 0.25) is 0 Å². The van der Waals surface area contributed by atoms with E-state index >= 15 is 0 Å². The fraction of sp³-hybridized carbons (Fsp3) is 0.0952. The largest absolute Gasteiger partial charge is 0.507 e. The molecule has 3 aromatic rings. The van der Waals surface area contributed by atoms with Gasteiger partial charge in [-0.05, 0) is 48.5 Å². The first-order chi connectivity index (χ1) is 13.6. The fourth-order valence-corrected chi connectivity index (χ4v) is 3.34. The molecule has 0 bridgehead atoms. The van der Waals surface area contributed by atoms with Crippen molar-refractivity contribution in [3.8, 4) is 0 Å². The Morgan fingerprint density at radius 3 is 2.54 bits per heavy atom. The molecule has 1 amide bonds. The number of likely N-dealkylation sites (tertiary alicyclic amines) is 1. The number of rotatable bonds is 4. The maximum absolute atomic E-state index is 12.8. The van der Waals surface area contributed by atoms with Crippen molar-refractivity contribution in [3.63, 3.8) is 0 Å². The minimum absolute atomic E-state index is 0.0294. The number of Topliss-reactive ketones (excluding diaryl/α,β-unsaturated/α-hetero) is 1. The van der Waals surface area contributed by atoms with Gasteiger partial charge in [0.05, 0.1) is 24.1 Å². The molecular weight excluding hydrogens is 380 g/mol. The number of nitrogens with zero attached hydrogens (tertiary/aromatic N) is 2. The number of ketones is 1. The second-order valence-electron chi connectivity index (χ2n) is 6.27. The van der Waals surface area contributed by atoms with Crippen LogP contribution in [0.4, 0.5) is 0 Å². The zero-order chi connectivity index (χ0) is 19.7. The zero-order valence-electron chi connectivity index (χ0n) is 14.6. The molecule has 0 saturated carbocycles. The third-order valence-electron chi connectivity index (χ3n) is 4.53. The lowest BCUT2D eigenvalue weighted by molar-refractivity contribution is -0.140. The van der Waals surface area contributed by atoms with Crippen LogP contribution in [0.15, 0.2) is 77.0 Å². The van der Waals surface area contributed by atoms with Crippen molar-refractivity contribution in [2.24, 2.45) is 0 Å². The monoisotopic (exact) mass is 394 g/mol. The van der Waals surface area contributed by atoms with Crippen LogP contribution >= 0.6 is 11.6 Å². The molecule has 2 aromatic heterocycles. The van der Waals surface area contributed by atoms with Gasteiger partial charge in [-0.2, -0.15) is 0 Å². The summed E-state index contributed by atoms with van der Waals surface area (Å²) >= 11 is 5.90. The van der Waals surface area contributed by atoms with E-state index in [2.05, 4.69) is 4.98 Å². The second-order valence-corrected chi connectivity index (χ2v) is 6.71. The van der Waals surface area contributed by atoms with Gasteiger partial charge in [0, 0.05) is 16.8 Å². The Morgan fingerprint density at radius 1 is 1.11 bits per heavy atom. The molecule has 1 fully saturated rings. The van der Waals surface area contributed by atoms with Crippen LogP contribution in [0.5, 0.6) is 0 Å². The Hall–Kier alpha value is -3.38. The lowest BCUT2D eigenvalue weighted by atomic mass is 9.99. The molecule has 1 unspecified atom stereocenters. The predicted octanol–water partition coefficient (Wildman–Crippen LogP) is 3.95. The van der Waals surface area contributed by atoms with Gasteiger partial charge in [-0.15, -0.1) is 0 Å². The van der Waals surface area contributed by atoms with Gasteiger partial charge < -0.3 is 14.4 Å². The van der Waals surface area contributed by atoms with Crippen LogP contribution in [0.2, 0.25) is 5.02 Å². The lowest BCUT2D eigenvalue weighted by Crippen LogP contribution is -2.29. The summed E-state index contributed by atoms with van der Waals surface area (Å²) in [5, 5.41) is 11.3. The van der Waals surface area contributed by atoms with Crippen molar-refractivity contribution < 1.29 is 19.1 Å². The number of halogens is 1. The highest BCUT2D eigenvalue weighted by atomic mass is 35.5. The molecule has 0 spiro atoms. The standard InChI is InChI=1S/C21H15ClN2O4/c22-14-8-6-13(7-9-14)19(25)17-18(16-5-3-11-28-16)24(21(27)20(17)26)12-15-4-1-2-10-23-15/h1-11,18,25H,12H2/b19-17-. The van der Waals surface area contributed by atoms with E-state index in [9.17, 15) is 14.7 Å². The summed E-state index contributed by atoms with van der Waals surface area (Å²) in [4.78, 5) is 31.1. The molecule has 4 rings (SSSR count). The molecule has 7 heteroatoms. The predicted molar refractivity (Wildman–Crippen MR) is 102 cm³/mol. The van der Waals surface area contributed by atoms with Crippen LogP contribution in [0, 0.1) is 0 Å². The Morgan fingerprint density at radius 2 is 1.89 bits per heavy atom. The van der Waals surface area contributed by atoms with Gasteiger partial charge in [-0.1, -0.05) is 17.7 Å². The maximum Gasteiger partial charge on any atom is 0.296 e. The highest BCUT2D eigenvalue weighted by Crippen LogP contribution is 2.40. The van der Waals surface area contributed by atoms with Crippen LogP contribution in [0.1, 0.15) is 23.1 Å². The number of hydrogen-bond acceptors (Lipinski definition) is 5. The molecule has 3 heterocycles. The van der Waals surface area contributed by atoms with E-state index in [-0.39, 0.29) is 17.9 Å². The van der Waals surface area contributed by atoms with E-state index in [1.54, 1.807) is 60.8 Å². The summed E-state index contributed by atoms with van der Waals surface area (Å²) in [5.74, 6) is -1.39. The second kappa shape index (κ2) is 7.32. The maximum atomic E-state index is 12.8. The minimum atomic E-state index is -0.854. The van der Waals surface area contributed by atoms with Crippen molar-refractivity contribution in [1.29, 1.82) is 0 Å². The minimum Gasteiger partial charge on any atom is -0.507 e. The number of carbonyl (C=O) groups excluding carboxylic acids is 2. The van der Waals surface area contributed by atoms with Crippen LogP contribution < -0.4 is 0 Å². The summed E-state index contributed by atoms with van der Waals surface area (Å²) in [6.45, 7) is 0.105. The van der Waals surface area contributed by atoms with E-state index in [1.807, 2.05) is 0 Å². The SMILES string of the molecule is O=C1C(=O)N(Cc2ccccn2)C(c2ccco2)/C1=C(/O)c1ccc(Cl)cc1. The molecule has 1 aliphatic heterocycles. The Labute approximate surface area is 165 Å². The highest BCUT2D eigenvalue weighted by molar-refractivity contribution is 6.46. The highest BCUT2D eigenvalue weighted by Gasteiger charge is 2.47. The van der Waals surface area contributed by atoms with Crippen LogP contribution in [-0.2, 0) is 16.1 Å². The Bertz CT molecular complexity index is 1040. The first-order valence-corrected chi connectivity index (χ1v) is 8.91. The topological polar surface area (TPSA) is 83.6 Å². The number of aliphatic hydroxyl groups excluding tert-OH is 1. The van der Waals surface area contributed by atoms with E-state index in [1.165, 1.54) is 11.2 Å². The van der Waals surface area contributed by atoms with Gasteiger partial charge in [-0.3, -0.25) is 14.6 Å². The van der Waals surface area contributed by atoms with Gasteiger partial charge in [-0.25, -0.2) is 0 Å². The smallest absolute Gasteiger partial charge is 0.296 e. The van der Waals surface area contributed by atoms with Crippen molar-refractivity contribution in [2.45, 2.75) is 12.6 Å². The number of aliphatic hydroxyl groups is 1. The van der Waals surface area contributed by atoms with Gasteiger partial charge in [0.25, 0.3) is 11.7 Å². The van der Waals surface area contributed by atoms with Gasteiger partial charge >= 0.3 is 0 Å². The number of hydrogen-bond donors (Lipinski definition) is 1. The number of pyridine rings is 1. The summed E-state index contributed by atoms with van der Waals surface area (Å²) in [7, 11) is 0. The Kier molecular flexibility index (Phi) is 4.71. The fourth-order valence-electron chi connectivity index (χ4n) is 3.22. The molecule has 0 aliphatic carbocycles. The molecule has 1 aliphatic rings. The molecule has 28 heavy (non-hydrogen) atoms. The summed E-state index contributed by atoms with van der Waals surface area (Å²) in [6.07, 6.45) is 3.07. The molecule has 1 N–H and O–H groups in total. The molecule has 140 valence electrons. The summed E-state index contributed by atoms with van der Waals surface area (Å²) in [6, 6.07) is 14.2. The molecule has 0 radical (unpaired) electrons. The average molecular weight is 395 g/mol. The average Bonchev–Trinajstić information content (AvgIpc) is 3.32. The van der Waals surface area contributed by atoms with Crippen LogP contribution in [0.25, 0.3) is 5.76 Å². The zero-order valence-corrected chi connectivity index (χ0v) is 15.3. The van der Waals surface area contributed by atoms with Crippen molar-refractivity contribution in [2.75, 3.05) is 0 Å². The third kappa shape index (κ3) is 3.18. The first kappa shape index (κ1) is 18.0. The number of benzene rings is 1. The van der Waals surface area contributed by atoms with Crippen molar-refractivity contribution >= 4 is 29.1 Å². The molecule has 1 saturated heterocycles. The van der Waals surface area contributed by atoms with Gasteiger partial charge in [0.15, 0.2) is 0 Å². The van der Waals surface area contributed by atoms with Crippen molar-refractivity contribution in [1.82, 2.24) is 9.88 Å². The number of amides is 1. The number of carbonyl (C=O) groups is 2. The molecule has 1 aromatic carbocycles. The normalized spacial score (nSPS) is 18.6. The number of aromatic nitrogens is 1. The van der Waals surface area contributed by atoms with E-state index in [4.69, 9.17) is 16.0 Å². The number of furan rings is 1. The van der Waals surface area contributed by atoms with E-state index in [0.717, 1.165) is 0 Å². The summed E-state index contributed by atoms with van der Waals surface area (Å²) in [5.41, 5.74) is 0.974. The molecular formula is C21H15ClN2O4. The molecule has 6 nitrogen and oxygen atoms in total. The van der Waals surface area contributed by atoms with Crippen molar-refractivity contribution in [3.05, 3.63) is 94.7 Å². The lowest BCUT2D eigenvalue weighted by Gasteiger charge is -2.22. The van der Waals surface area contributed by atoms with Crippen LogP contribution in [0.3, 0.4) is 0 Å². The molecule has 1 atom stereocenters. The van der Waals surface area contributed by atoms with E-state index < -0.39 is 17.7 Å². The Balaban J connectivity index is 1.83. The van der Waals surface area contributed by atoms with Crippen LogP contribution in [-0.4, -0.2) is 26.7 Å². The quantitative estimate of drug-likeness (QED) is 0.411. The van der Waals surface area contributed by atoms with E-state index in [0.29, 0.717) is 22.0 Å². The van der Waals surface area contributed by atoms with Gasteiger partial charge in [0.1, 0.15) is 17.6 Å². The summed E-state index contributed by atoms with van der Waals surface area (Å²) < 4.78 is 5.48. The third-order valence-corrected chi connectivity index (χ3v) is 4.78. The first-order valence-electron chi connectivity index (χ1n) is 8.54.